The lowest BCUT2D eigenvalue weighted by Crippen LogP contribution is -2.43. The third-order valence-electron chi connectivity index (χ3n) is 4.66. The van der Waals surface area contributed by atoms with Crippen LogP contribution in [-0.4, -0.2) is 63.3 Å². The number of rotatable bonds is 14. The van der Waals surface area contributed by atoms with Gasteiger partial charge < -0.3 is 33.7 Å². The van der Waals surface area contributed by atoms with E-state index in [1.165, 1.54) is 19.2 Å². The third-order valence-corrected chi connectivity index (χ3v) is 4.66. The molecule has 0 saturated heterocycles. The molecule has 0 bridgehead atoms. The normalized spacial score (nSPS) is 12.5. The summed E-state index contributed by atoms with van der Waals surface area (Å²) in [6.45, 7) is 11.4. The Kier molecular flexibility index (Phi) is 14.1. The van der Waals surface area contributed by atoms with Crippen LogP contribution in [0.4, 0.5) is 9.59 Å². The number of methoxy groups -OCH3 is 1. The number of nitrogens with one attached hydrogen (secondary N) is 1. The molecule has 0 aromatic heterocycles. The predicted molar refractivity (Wildman–Crippen MR) is 133 cm³/mol. The Morgan fingerprint density at radius 2 is 1.43 bits per heavy atom. The second-order valence-corrected chi connectivity index (χ2v) is 9.24. The van der Waals surface area contributed by atoms with Crippen molar-refractivity contribution >= 4 is 24.2 Å². The van der Waals surface area contributed by atoms with Gasteiger partial charge in [-0.25, -0.2) is 9.59 Å². The molecule has 1 aromatic rings. The van der Waals surface area contributed by atoms with Crippen molar-refractivity contribution in [2.45, 2.75) is 66.5 Å². The Balaban J connectivity index is 3.07. The molecular formula is C26H39NO10. The Morgan fingerprint density at radius 1 is 0.865 bits per heavy atom. The summed E-state index contributed by atoms with van der Waals surface area (Å²) in [6.07, 6.45) is -2.02. The molecule has 2 atom stereocenters. The van der Waals surface area contributed by atoms with E-state index in [0.717, 1.165) is 0 Å². The molecule has 0 saturated carbocycles. The number of carbonyl (C=O) groups is 4. The van der Waals surface area contributed by atoms with E-state index in [-0.39, 0.29) is 61.9 Å². The summed E-state index contributed by atoms with van der Waals surface area (Å²) in [6, 6.07) is 3.70. The second kappa shape index (κ2) is 16.4. The molecule has 0 aliphatic heterocycles. The summed E-state index contributed by atoms with van der Waals surface area (Å²) < 4.78 is 30.7. The monoisotopic (exact) mass is 525 g/mol. The van der Waals surface area contributed by atoms with Crippen LogP contribution >= 0.6 is 0 Å². The van der Waals surface area contributed by atoms with E-state index in [0.29, 0.717) is 5.56 Å². The highest BCUT2D eigenvalue weighted by Crippen LogP contribution is 2.30. The Hall–Kier alpha value is -3.34. The fourth-order valence-corrected chi connectivity index (χ4v) is 2.83. The van der Waals surface area contributed by atoms with E-state index in [2.05, 4.69) is 5.32 Å². The molecule has 1 aromatic carbocycles. The van der Waals surface area contributed by atoms with Crippen LogP contribution in [0.5, 0.6) is 11.5 Å². The number of benzene rings is 1. The molecule has 0 amide bonds. The van der Waals surface area contributed by atoms with Gasteiger partial charge in [0.15, 0.2) is 11.5 Å². The summed E-state index contributed by atoms with van der Waals surface area (Å²) in [5.41, 5.74) is 0.565. The van der Waals surface area contributed by atoms with E-state index >= 15 is 0 Å². The van der Waals surface area contributed by atoms with Crippen LogP contribution < -0.4 is 14.8 Å². The van der Waals surface area contributed by atoms with Crippen molar-refractivity contribution in [2.75, 3.05) is 26.9 Å². The smallest absolute Gasteiger partial charge is 0.468 e. The molecule has 37 heavy (non-hydrogen) atoms. The predicted octanol–water partition coefficient (Wildman–Crippen LogP) is 4.04. The van der Waals surface area contributed by atoms with E-state index in [4.69, 9.17) is 28.4 Å². The average molecular weight is 526 g/mol. The maximum absolute atomic E-state index is 12.4. The number of esters is 2. The summed E-state index contributed by atoms with van der Waals surface area (Å²) in [4.78, 5) is 48.2. The average Bonchev–Trinajstić information content (AvgIpc) is 2.84. The maximum atomic E-state index is 12.4. The van der Waals surface area contributed by atoms with Crippen LogP contribution in [0.25, 0.3) is 0 Å². The Labute approximate surface area is 218 Å². The lowest BCUT2D eigenvalue weighted by molar-refractivity contribution is -0.147. The molecule has 0 spiro atoms. The summed E-state index contributed by atoms with van der Waals surface area (Å²) in [5.74, 6) is -0.828. The van der Waals surface area contributed by atoms with Crippen molar-refractivity contribution in [2.24, 2.45) is 11.8 Å². The first-order valence-electron chi connectivity index (χ1n) is 12.3. The van der Waals surface area contributed by atoms with E-state index < -0.39 is 30.4 Å². The van der Waals surface area contributed by atoms with Gasteiger partial charge in [0.2, 0.25) is 0 Å². The standard InChI is InChI=1S/C26H39NO10/c1-8-23(28)35-18(6)13-27-20(24(29)32-7)11-19-9-10-21(36-25(30)33-14-16(2)3)22(12-19)37-26(31)34-15-17(4)5/h9-10,12,16-18,20,27H,8,11,13-15H2,1-7H3/t18?,20-/m0/s1. The highest BCUT2D eigenvalue weighted by molar-refractivity contribution is 5.76. The molecule has 1 unspecified atom stereocenters. The minimum atomic E-state index is -0.972. The molecule has 0 aliphatic carbocycles. The van der Waals surface area contributed by atoms with Crippen LogP contribution in [0, 0.1) is 11.8 Å². The minimum absolute atomic E-state index is 0.0540. The highest BCUT2D eigenvalue weighted by atomic mass is 16.7. The summed E-state index contributed by atoms with van der Waals surface area (Å²) in [7, 11) is 1.26. The Morgan fingerprint density at radius 3 is 1.95 bits per heavy atom. The van der Waals surface area contributed by atoms with Gasteiger partial charge in [0.05, 0.1) is 20.3 Å². The lowest BCUT2D eigenvalue weighted by atomic mass is 10.0. The van der Waals surface area contributed by atoms with Gasteiger partial charge in [-0.15, -0.1) is 0 Å². The molecule has 11 heteroatoms. The number of hydrogen-bond acceptors (Lipinski definition) is 11. The first-order chi connectivity index (χ1) is 17.4. The highest BCUT2D eigenvalue weighted by Gasteiger charge is 2.23. The fraction of sp³-hybridized carbons (Fsp3) is 0.615. The van der Waals surface area contributed by atoms with Gasteiger partial charge in [-0.05, 0) is 42.9 Å². The van der Waals surface area contributed by atoms with Crippen molar-refractivity contribution < 1.29 is 47.6 Å². The molecule has 1 N–H and O–H groups in total. The van der Waals surface area contributed by atoms with Crippen molar-refractivity contribution in [1.29, 1.82) is 0 Å². The van der Waals surface area contributed by atoms with Crippen molar-refractivity contribution in [3.05, 3.63) is 23.8 Å². The molecule has 11 nitrogen and oxygen atoms in total. The topological polar surface area (TPSA) is 136 Å². The van der Waals surface area contributed by atoms with E-state index in [9.17, 15) is 19.2 Å². The van der Waals surface area contributed by atoms with E-state index in [1.807, 2.05) is 27.7 Å². The second-order valence-electron chi connectivity index (χ2n) is 9.24. The zero-order valence-corrected chi connectivity index (χ0v) is 22.7. The molecule has 1 rings (SSSR count). The molecule has 0 fully saturated rings. The van der Waals surface area contributed by atoms with Crippen LogP contribution in [0.15, 0.2) is 18.2 Å². The number of hydrogen-bond donors (Lipinski definition) is 1. The van der Waals surface area contributed by atoms with Crippen LogP contribution in [-0.2, 0) is 35.0 Å². The summed E-state index contributed by atoms with van der Waals surface area (Å²) in [5, 5.41) is 3.03. The Bertz CT molecular complexity index is 899. The van der Waals surface area contributed by atoms with Gasteiger partial charge in [0, 0.05) is 13.0 Å². The van der Waals surface area contributed by atoms with Gasteiger partial charge in [-0.1, -0.05) is 40.7 Å². The van der Waals surface area contributed by atoms with Gasteiger partial charge in [-0.3, -0.25) is 9.59 Å². The van der Waals surface area contributed by atoms with Crippen LogP contribution in [0.2, 0.25) is 0 Å². The SMILES string of the molecule is CCC(=O)OC(C)CN[C@@H](Cc1ccc(OC(=O)OCC(C)C)c(OC(=O)OCC(C)C)c1)C(=O)OC. The maximum Gasteiger partial charge on any atom is 0.513 e. The zero-order chi connectivity index (χ0) is 28.0. The van der Waals surface area contributed by atoms with Crippen molar-refractivity contribution in [3.63, 3.8) is 0 Å². The van der Waals surface area contributed by atoms with Crippen LogP contribution in [0.1, 0.15) is 53.5 Å². The first kappa shape index (κ1) is 31.7. The third kappa shape index (κ3) is 13.0. The van der Waals surface area contributed by atoms with Gasteiger partial charge in [0.1, 0.15) is 12.1 Å². The molecule has 0 heterocycles. The van der Waals surface area contributed by atoms with Crippen molar-refractivity contribution in [3.8, 4) is 11.5 Å². The number of ether oxygens (including phenoxy) is 6. The molecule has 0 aliphatic rings. The zero-order valence-electron chi connectivity index (χ0n) is 22.7. The van der Waals surface area contributed by atoms with Gasteiger partial charge in [0.25, 0.3) is 0 Å². The first-order valence-corrected chi connectivity index (χ1v) is 12.3. The van der Waals surface area contributed by atoms with Gasteiger partial charge >= 0.3 is 24.2 Å². The molecule has 208 valence electrons. The fourth-order valence-electron chi connectivity index (χ4n) is 2.83. The van der Waals surface area contributed by atoms with E-state index in [1.54, 1.807) is 19.9 Å². The van der Waals surface area contributed by atoms with Gasteiger partial charge in [-0.2, -0.15) is 0 Å². The quantitative estimate of drug-likeness (QED) is 0.214. The molecular weight excluding hydrogens is 486 g/mol. The largest absolute Gasteiger partial charge is 0.513 e. The lowest BCUT2D eigenvalue weighted by Gasteiger charge is -2.20. The number of carbonyl (C=O) groups excluding carboxylic acids is 4. The minimum Gasteiger partial charge on any atom is -0.468 e. The molecule has 0 radical (unpaired) electrons. The van der Waals surface area contributed by atoms with Crippen LogP contribution in [0.3, 0.4) is 0 Å². The van der Waals surface area contributed by atoms with Crippen molar-refractivity contribution in [1.82, 2.24) is 5.32 Å². The summed E-state index contributed by atoms with van der Waals surface area (Å²) >= 11 is 0.